The van der Waals surface area contributed by atoms with Crippen LogP contribution in [-0.4, -0.2) is 9.13 Å². The van der Waals surface area contributed by atoms with Crippen LogP contribution in [0.3, 0.4) is 0 Å². The van der Waals surface area contributed by atoms with Gasteiger partial charge in [-0.1, -0.05) is 136 Å². The molecule has 268 valence electrons. The van der Waals surface area contributed by atoms with E-state index in [-0.39, 0.29) is 5.41 Å². The highest BCUT2D eigenvalue weighted by Gasteiger charge is 2.36. The van der Waals surface area contributed by atoms with Crippen LogP contribution in [0.25, 0.3) is 112 Å². The van der Waals surface area contributed by atoms with Crippen molar-refractivity contribution in [3.8, 4) is 55.9 Å². The first kappa shape index (κ1) is 32.1. The molecule has 0 saturated carbocycles. The van der Waals surface area contributed by atoms with Crippen molar-refractivity contribution in [1.29, 1.82) is 0 Å². The number of fused-ring (bicyclic) bond motifs is 11. The average Bonchev–Trinajstić information content (AvgIpc) is 3.94. The van der Waals surface area contributed by atoms with Gasteiger partial charge in [0.1, 0.15) is 0 Å². The normalized spacial score (nSPS) is 13.4. The van der Waals surface area contributed by atoms with Crippen LogP contribution in [0.5, 0.6) is 0 Å². The lowest BCUT2D eigenvalue weighted by Crippen LogP contribution is -2.15. The third-order valence-electron chi connectivity index (χ3n) is 13.0. The molecule has 0 unspecified atom stereocenters. The molecule has 8 aromatic carbocycles. The molecule has 0 fully saturated rings. The quantitative estimate of drug-likeness (QED) is 0.167. The summed E-state index contributed by atoms with van der Waals surface area (Å²) in [4.78, 5) is 0. The van der Waals surface area contributed by atoms with E-state index >= 15 is 0 Å². The molecule has 2 aliphatic carbocycles. The molecule has 10 aromatic rings. The molecule has 2 heterocycles. The standard InChI is InChI=1S/C55H38N2/c1-5-37-44-29-33(23-27-50(44)56(49(37)6-2)35-15-8-7-9-16-35)34-24-28-51-46(30-34)54-43-21-14-20-42-38-17-10-11-18-39(38)45(53(42)43)32-52(54)57(51)36-25-26-41-40-19-12-13-22-47(40)55(3,4)48(41)31-36/h5-32H,1-2H2,3-4H3. The number of aromatic nitrogens is 2. The van der Waals surface area contributed by atoms with Gasteiger partial charge in [0.05, 0.1) is 22.2 Å². The summed E-state index contributed by atoms with van der Waals surface area (Å²) in [6.07, 6.45) is 3.92. The van der Waals surface area contributed by atoms with Crippen molar-refractivity contribution in [2.45, 2.75) is 19.3 Å². The summed E-state index contributed by atoms with van der Waals surface area (Å²) in [6.45, 7) is 13.2. The highest BCUT2D eigenvalue weighted by molar-refractivity contribution is 6.29. The fourth-order valence-electron chi connectivity index (χ4n) is 10.5. The molecule has 0 saturated heterocycles. The van der Waals surface area contributed by atoms with E-state index in [4.69, 9.17) is 0 Å². The van der Waals surface area contributed by atoms with Crippen LogP contribution in [0.2, 0.25) is 0 Å². The zero-order chi connectivity index (χ0) is 38.2. The molecule has 0 atom stereocenters. The summed E-state index contributed by atoms with van der Waals surface area (Å²) in [6, 6.07) is 58.7. The highest BCUT2D eigenvalue weighted by Crippen LogP contribution is 2.53. The molecule has 0 bridgehead atoms. The van der Waals surface area contributed by atoms with Crippen molar-refractivity contribution in [2.24, 2.45) is 0 Å². The van der Waals surface area contributed by atoms with Gasteiger partial charge in [-0.25, -0.2) is 0 Å². The molecule has 2 heteroatoms. The summed E-state index contributed by atoms with van der Waals surface area (Å²) in [5, 5.41) is 6.35. The van der Waals surface area contributed by atoms with Gasteiger partial charge in [0.25, 0.3) is 0 Å². The molecule has 2 nitrogen and oxygen atoms in total. The predicted octanol–water partition coefficient (Wildman–Crippen LogP) is 14.8. The van der Waals surface area contributed by atoms with Crippen LogP contribution in [-0.2, 0) is 5.41 Å². The molecule has 0 amide bonds. The Hall–Kier alpha value is -7.16. The number of hydrogen-bond acceptors (Lipinski definition) is 0. The Morgan fingerprint density at radius 1 is 0.421 bits per heavy atom. The van der Waals surface area contributed by atoms with Crippen LogP contribution >= 0.6 is 0 Å². The maximum atomic E-state index is 4.25. The maximum absolute atomic E-state index is 4.25. The van der Waals surface area contributed by atoms with E-state index in [9.17, 15) is 0 Å². The Kier molecular flexibility index (Phi) is 6.45. The van der Waals surface area contributed by atoms with E-state index in [2.05, 4.69) is 194 Å². The lowest BCUT2D eigenvalue weighted by molar-refractivity contribution is 0.660. The van der Waals surface area contributed by atoms with Crippen molar-refractivity contribution < 1.29 is 0 Å². The maximum Gasteiger partial charge on any atom is 0.0553 e. The molecular formula is C55H38N2. The van der Waals surface area contributed by atoms with E-state index in [1.165, 1.54) is 93.9 Å². The zero-order valence-corrected chi connectivity index (χ0v) is 32.0. The van der Waals surface area contributed by atoms with Crippen molar-refractivity contribution >= 4 is 55.6 Å². The third-order valence-corrected chi connectivity index (χ3v) is 13.0. The fraction of sp³-hybridized carbons (Fsp3) is 0.0545. The number of hydrogen-bond donors (Lipinski definition) is 0. The lowest BCUT2D eigenvalue weighted by Gasteiger charge is -2.22. The Morgan fingerprint density at radius 3 is 1.82 bits per heavy atom. The van der Waals surface area contributed by atoms with E-state index in [1.54, 1.807) is 0 Å². The summed E-state index contributed by atoms with van der Waals surface area (Å²) < 4.78 is 4.81. The molecule has 0 N–H and O–H groups in total. The number of benzene rings is 8. The molecule has 2 aliphatic rings. The first-order chi connectivity index (χ1) is 28.0. The van der Waals surface area contributed by atoms with E-state index in [1.807, 2.05) is 12.2 Å². The van der Waals surface area contributed by atoms with E-state index < -0.39 is 0 Å². The fourth-order valence-corrected chi connectivity index (χ4v) is 10.5. The largest absolute Gasteiger partial charge is 0.309 e. The van der Waals surface area contributed by atoms with Crippen LogP contribution in [0.4, 0.5) is 0 Å². The Labute approximate surface area is 331 Å². The van der Waals surface area contributed by atoms with E-state index in [0.717, 1.165) is 27.8 Å². The van der Waals surface area contributed by atoms with Crippen LogP contribution < -0.4 is 0 Å². The van der Waals surface area contributed by atoms with Gasteiger partial charge in [-0.2, -0.15) is 0 Å². The Bertz CT molecular complexity index is 3400. The van der Waals surface area contributed by atoms with E-state index in [0.29, 0.717) is 0 Å². The molecular weight excluding hydrogens is 689 g/mol. The van der Waals surface area contributed by atoms with Gasteiger partial charge in [-0.3, -0.25) is 0 Å². The summed E-state index contributed by atoms with van der Waals surface area (Å²) in [5.41, 5.74) is 20.9. The monoisotopic (exact) mass is 726 g/mol. The van der Waals surface area contributed by atoms with Crippen molar-refractivity contribution in [1.82, 2.24) is 9.13 Å². The first-order valence-corrected chi connectivity index (χ1v) is 19.8. The summed E-state index contributed by atoms with van der Waals surface area (Å²) in [7, 11) is 0. The second kappa shape index (κ2) is 11.4. The van der Waals surface area contributed by atoms with Gasteiger partial charge in [-0.05, 0) is 127 Å². The smallest absolute Gasteiger partial charge is 0.0553 e. The predicted molar refractivity (Wildman–Crippen MR) is 243 cm³/mol. The molecule has 0 radical (unpaired) electrons. The van der Waals surface area contributed by atoms with Crippen molar-refractivity contribution in [2.75, 3.05) is 0 Å². The summed E-state index contributed by atoms with van der Waals surface area (Å²) in [5.74, 6) is 0. The molecule has 0 spiro atoms. The van der Waals surface area contributed by atoms with Gasteiger partial charge in [0.2, 0.25) is 0 Å². The van der Waals surface area contributed by atoms with Gasteiger partial charge >= 0.3 is 0 Å². The molecule has 57 heavy (non-hydrogen) atoms. The first-order valence-electron chi connectivity index (χ1n) is 19.8. The number of nitrogens with zero attached hydrogens (tertiary/aromatic N) is 2. The topological polar surface area (TPSA) is 9.86 Å². The Morgan fingerprint density at radius 2 is 1.07 bits per heavy atom. The van der Waals surface area contributed by atoms with Crippen LogP contribution in [0, 0.1) is 0 Å². The van der Waals surface area contributed by atoms with Gasteiger partial charge in [-0.15, -0.1) is 0 Å². The molecule has 12 rings (SSSR count). The SMILES string of the molecule is C=Cc1c(C=C)n(-c2ccccc2)c2ccc(-c3ccc4c(c3)c3c5cccc6c5c(cc3n4-c3ccc4c(c3)C(C)(C)c3ccccc3-4)-c3ccccc3-6)cc12. The van der Waals surface area contributed by atoms with Gasteiger partial charge in [0.15, 0.2) is 0 Å². The second-order valence-corrected chi connectivity index (χ2v) is 16.2. The minimum atomic E-state index is -0.101. The minimum absolute atomic E-state index is 0.101. The zero-order valence-electron chi connectivity index (χ0n) is 32.0. The van der Waals surface area contributed by atoms with Gasteiger partial charge in [0, 0.05) is 38.5 Å². The lowest BCUT2D eigenvalue weighted by atomic mass is 9.82. The number of rotatable bonds is 5. The Balaban J connectivity index is 1.14. The van der Waals surface area contributed by atoms with Crippen LogP contribution in [0.15, 0.2) is 171 Å². The highest BCUT2D eigenvalue weighted by atomic mass is 15.0. The van der Waals surface area contributed by atoms with Crippen molar-refractivity contribution in [3.63, 3.8) is 0 Å². The third kappa shape index (κ3) is 4.19. The average molecular weight is 727 g/mol. The number of para-hydroxylation sites is 1. The van der Waals surface area contributed by atoms with Crippen molar-refractivity contribution in [3.05, 3.63) is 193 Å². The molecule has 2 aromatic heterocycles. The van der Waals surface area contributed by atoms with Crippen LogP contribution in [0.1, 0.15) is 36.2 Å². The molecule has 0 aliphatic heterocycles. The summed E-state index contributed by atoms with van der Waals surface area (Å²) >= 11 is 0. The minimum Gasteiger partial charge on any atom is -0.309 e. The van der Waals surface area contributed by atoms with Gasteiger partial charge < -0.3 is 9.13 Å². The second-order valence-electron chi connectivity index (χ2n) is 16.2.